The first-order valence-electron chi connectivity index (χ1n) is 6.38. The highest BCUT2D eigenvalue weighted by Crippen LogP contribution is 2.30. The van der Waals surface area contributed by atoms with Crippen LogP contribution in [-0.4, -0.2) is 17.6 Å². The summed E-state index contributed by atoms with van der Waals surface area (Å²) in [6, 6.07) is 0.680. The van der Waals surface area contributed by atoms with Gasteiger partial charge in [0.15, 0.2) is 0 Å². The summed E-state index contributed by atoms with van der Waals surface area (Å²) in [5.74, 6) is 1.01. The van der Waals surface area contributed by atoms with Crippen LogP contribution in [0.4, 0.5) is 0 Å². The molecule has 1 aliphatic rings. The van der Waals surface area contributed by atoms with E-state index in [9.17, 15) is 0 Å². The van der Waals surface area contributed by atoms with E-state index >= 15 is 0 Å². The predicted octanol–water partition coefficient (Wildman–Crippen LogP) is 3.16. The third-order valence-electron chi connectivity index (χ3n) is 3.44. The van der Waals surface area contributed by atoms with E-state index in [0.717, 1.165) is 18.9 Å². The third kappa shape index (κ3) is 3.56. The van der Waals surface area contributed by atoms with Crippen LogP contribution in [0.3, 0.4) is 0 Å². The molecule has 1 heterocycles. The molecule has 1 N–H and O–H groups in total. The quantitative estimate of drug-likeness (QED) is 0.823. The van der Waals surface area contributed by atoms with Gasteiger partial charge in [0.25, 0.3) is 0 Å². The zero-order valence-corrected chi connectivity index (χ0v) is 11.1. The number of aryl methyl sites for hydroxylation is 1. The Balaban J connectivity index is 1.59. The minimum atomic E-state index is 0.680. The summed E-state index contributed by atoms with van der Waals surface area (Å²) >= 11 is 1.82. The SMILES string of the molecule is Cc1ncc(CCNC(C)CC2CCC2)s1. The Bertz CT molecular complexity index is 317. The summed E-state index contributed by atoms with van der Waals surface area (Å²) < 4.78 is 0. The topological polar surface area (TPSA) is 24.9 Å². The van der Waals surface area contributed by atoms with Crippen LogP contribution >= 0.6 is 11.3 Å². The van der Waals surface area contributed by atoms with Gasteiger partial charge < -0.3 is 5.32 Å². The second-order valence-electron chi connectivity index (χ2n) is 4.98. The fourth-order valence-electron chi connectivity index (χ4n) is 2.27. The molecular weight excluding hydrogens is 216 g/mol. The van der Waals surface area contributed by atoms with Crippen molar-refractivity contribution >= 4 is 11.3 Å². The normalized spacial score (nSPS) is 18.4. The molecular formula is C13H22N2S. The molecule has 0 amide bonds. The number of rotatable bonds is 6. The summed E-state index contributed by atoms with van der Waals surface area (Å²) in [4.78, 5) is 5.68. The van der Waals surface area contributed by atoms with E-state index in [1.807, 2.05) is 17.5 Å². The van der Waals surface area contributed by atoms with Gasteiger partial charge >= 0.3 is 0 Å². The molecule has 1 atom stereocenters. The fourth-order valence-corrected chi connectivity index (χ4v) is 3.07. The highest BCUT2D eigenvalue weighted by Gasteiger charge is 2.19. The molecule has 16 heavy (non-hydrogen) atoms. The van der Waals surface area contributed by atoms with Crippen molar-refractivity contribution in [2.24, 2.45) is 5.92 Å². The molecule has 3 heteroatoms. The molecule has 0 aliphatic heterocycles. The maximum atomic E-state index is 4.28. The molecule has 0 saturated heterocycles. The van der Waals surface area contributed by atoms with E-state index in [1.54, 1.807) is 0 Å². The Labute approximate surface area is 102 Å². The largest absolute Gasteiger partial charge is 0.314 e. The van der Waals surface area contributed by atoms with Gasteiger partial charge in [0.05, 0.1) is 5.01 Å². The van der Waals surface area contributed by atoms with E-state index in [0.29, 0.717) is 6.04 Å². The van der Waals surface area contributed by atoms with Crippen molar-refractivity contribution in [1.82, 2.24) is 10.3 Å². The molecule has 1 aliphatic carbocycles. The molecule has 2 nitrogen and oxygen atoms in total. The molecule has 2 rings (SSSR count). The van der Waals surface area contributed by atoms with Crippen LogP contribution < -0.4 is 5.32 Å². The second-order valence-corrected chi connectivity index (χ2v) is 6.30. The number of hydrogen-bond donors (Lipinski definition) is 1. The molecule has 0 radical (unpaired) electrons. The lowest BCUT2D eigenvalue weighted by Gasteiger charge is -2.28. The van der Waals surface area contributed by atoms with Crippen molar-refractivity contribution in [1.29, 1.82) is 0 Å². The van der Waals surface area contributed by atoms with Gasteiger partial charge in [0.2, 0.25) is 0 Å². The molecule has 1 saturated carbocycles. The van der Waals surface area contributed by atoms with Crippen molar-refractivity contribution in [2.75, 3.05) is 6.54 Å². The van der Waals surface area contributed by atoms with Crippen LogP contribution in [0, 0.1) is 12.8 Å². The van der Waals surface area contributed by atoms with Crippen LogP contribution in [0.2, 0.25) is 0 Å². The van der Waals surface area contributed by atoms with E-state index < -0.39 is 0 Å². The van der Waals surface area contributed by atoms with Gasteiger partial charge in [0, 0.05) is 23.7 Å². The van der Waals surface area contributed by atoms with Crippen LogP contribution in [-0.2, 0) is 6.42 Å². The van der Waals surface area contributed by atoms with Crippen molar-refractivity contribution < 1.29 is 0 Å². The smallest absolute Gasteiger partial charge is 0.0896 e. The van der Waals surface area contributed by atoms with Gasteiger partial charge in [-0.05, 0) is 32.6 Å². The maximum Gasteiger partial charge on any atom is 0.0896 e. The average molecular weight is 238 g/mol. The Hall–Kier alpha value is -0.410. The van der Waals surface area contributed by atoms with Gasteiger partial charge in [-0.3, -0.25) is 0 Å². The van der Waals surface area contributed by atoms with Gasteiger partial charge in [-0.1, -0.05) is 19.3 Å². The molecule has 90 valence electrons. The summed E-state index contributed by atoms with van der Waals surface area (Å²) in [7, 11) is 0. The lowest BCUT2D eigenvalue weighted by atomic mass is 9.81. The van der Waals surface area contributed by atoms with Crippen LogP contribution in [0.25, 0.3) is 0 Å². The van der Waals surface area contributed by atoms with Crippen molar-refractivity contribution in [2.45, 2.75) is 52.0 Å². The minimum Gasteiger partial charge on any atom is -0.314 e. The van der Waals surface area contributed by atoms with E-state index in [1.165, 1.54) is 35.6 Å². The lowest BCUT2D eigenvalue weighted by Crippen LogP contribution is -2.31. The van der Waals surface area contributed by atoms with Crippen molar-refractivity contribution in [3.8, 4) is 0 Å². The molecule has 0 bridgehead atoms. The predicted molar refractivity (Wildman–Crippen MR) is 70.0 cm³/mol. The summed E-state index contributed by atoms with van der Waals surface area (Å²) in [6.07, 6.45) is 8.87. The van der Waals surface area contributed by atoms with Crippen LogP contribution in [0.15, 0.2) is 6.20 Å². The van der Waals surface area contributed by atoms with E-state index in [4.69, 9.17) is 0 Å². The summed E-state index contributed by atoms with van der Waals surface area (Å²) in [6.45, 7) is 5.48. The zero-order valence-electron chi connectivity index (χ0n) is 10.3. The molecule has 1 unspecified atom stereocenters. The summed E-state index contributed by atoms with van der Waals surface area (Å²) in [5.41, 5.74) is 0. The van der Waals surface area contributed by atoms with Gasteiger partial charge in [-0.25, -0.2) is 4.98 Å². The third-order valence-corrected chi connectivity index (χ3v) is 4.42. The molecule has 1 aromatic rings. The van der Waals surface area contributed by atoms with Crippen LogP contribution in [0.5, 0.6) is 0 Å². The Morgan fingerprint density at radius 3 is 2.94 bits per heavy atom. The first kappa shape index (κ1) is 12.1. The molecule has 1 aromatic heterocycles. The van der Waals surface area contributed by atoms with Crippen LogP contribution in [0.1, 0.15) is 42.5 Å². The molecule has 0 aromatic carbocycles. The highest BCUT2D eigenvalue weighted by molar-refractivity contribution is 7.11. The number of nitrogens with one attached hydrogen (secondary N) is 1. The van der Waals surface area contributed by atoms with E-state index in [-0.39, 0.29) is 0 Å². The first-order chi connectivity index (χ1) is 7.74. The van der Waals surface area contributed by atoms with Crippen molar-refractivity contribution in [3.63, 3.8) is 0 Å². The Kier molecular flexibility index (Phi) is 4.36. The molecule has 0 spiro atoms. The van der Waals surface area contributed by atoms with Gasteiger partial charge in [-0.15, -0.1) is 11.3 Å². The van der Waals surface area contributed by atoms with E-state index in [2.05, 4.69) is 24.1 Å². The Morgan fingerprint density at radius 2 is 2.38 bits per heavy atom. The van der Waals surface area contributed by atoms with Gasteiger partial charge in [0.1, 0.15) is 0 Å². The molecule has 1 fully saturated rings. The second kappa shape index (κ2) is 5.78. The fraction of sp³-hybridized carbons (Fsp3) is 0.769. The van der Waals surface area contributed by atoms with Crippen molar-refractivity contribution in [3.05, 3.63) is 16.1 Å². The summed E-state index contributed by atoms with van der Waals surface area (Å²) in [5, 5.41) is 4.80. The number of thiazole rings is 1. The van der Waals surface area contributed by atoms with Gasteiger partial charge in [-0.2, -0.15) is 0 Å². The average Bonchev–Trinajstić information content (AvgIpc) is 2.58. The highest BCUT2D eigenvalue weighted by atomic mass is 32.1. The minimum absolute atomic E-state index is 0.680. The number of nitrogens with zero attached hydrogens (tertiary/aromatic N) is 1. The first-order valence-corrected chi connectivity index (χ1v) is 7.20. The standard InChI is InChI=1S/C13H22N2S/c1-10(8-12-4-3-5-12)14-7-6-13-9-15-11(2)16-13/h9-10,12,14H,3-8H2,1-2H3. The lowest BCUT2D eigenvalue weighted by molar-refractivity contribution is 0.266. The number of aromatic nitrogens is 1. The Morgan fingerprint density at radius 1 is 1.56 bits per heavy atom. The monoisotopic (exact) mass is 238 g/mol. The number of hydrogen-bond acceptors (Lipinski definition) is 3. The zero-order chi connectivity index (χ0) is 11.4. The maximum absolute atomic E-state index is 4.28.